The van der Waals surface area contributed by atoms with Crippen molar-refractivity contribution in [1.82, 2.24) is 15.0 Å². The molecule has 0 unspecified atom stereocenters. The maximum absolute atomic E-state index is 13.0. The number of amides is 1. The van der Waals surface area contributed by atoms with Crippen LogP contribution in [-0.2, 0) is 4.79 Å². The zero-order valence-corrected chi connectivity index (χ0v) is 19.4. The minimum Gasteiger partial charge on any atom is -0.350 e. The van der Waals surface area contributed by atoms with Crippen LogP contribution in [0.3, 0.4) is 0 Å². The number of nitrogens with two attached hydrogens (primary N) is 1. The third-order valence-corrected chi connectivity index (χ3v) is 9.29. The summed E-state index contributed by atoms with van der Waals surface area (Å²) >= 11 is 2.67. The van der Waals surface area contributed by atoms with E-state index in [1.54, 1.807) is 0 Å². The van der Waals surface area contributed by atoms with Gasteiger partial charge in [0.2, 0.25) is 5.91 Å². The molecule has 4 fully saturated rings. The molecule has 0 atom stereocenters. The minimum atomic E-state index is -0.279. The normalized spacial score (nSPS) is 28.3. The van der Waals surface area contributed by atoms with Crippen molar-refractivity contribution in [3.8, 4) is 11.1 Å². The molecular formula is C24H26N4O2S2. The number of fused-ring (bicyclic) bond motifs is 1. The fraction of sp³-hybridized carbons (Fsp3) is 0.458. The maximum Gasteiger partial charge on any atom is 0.282 e. The van der Waals surface area contributed by atoms with Crippen LogP contribution in [-0.4, -0.2) is 26.9 Å². The number of hydrogen-bond donors (Lipinski definition) is 2. The van der Waals surface area contributed by atoms with Crippen molar-refractivity contribution in [2.45, 2.75) is 49.2 Å². The fourth-order valence-corrected chi connectivity index (χ4v) is 8.35. The van der Waals surface area contributed by atoms with Crippen LogP contribution in [0, 0.1) is 17.8 Å². The highest BCUT2D eigenvalue weighted by Gasteiger charge is 2.51. The number of benzene rings is 1. The Balaban J connectivity index is 1.20. The molecule has 2 heterocycles. The summed E-state index contributed by atoms with van der Waals surface area (Å²) in [6, 6.07) is 9.78. The summed E-state index contributed by atoms with van der Waals surface area (Å²) in [5, 5.41) is 6.24. The van der Waals surface area contributed by atoms with E-state index >= 15 is 0 Å². The van der Waals surface area contributed by atoms with Crippen LogP contribution < -0.4 is 16.7 Å². The third-order valence-electron chi connectivity index (χ3n) is 7.47. The van der Waals surface area contributed by atoms with Crippen LogP contribution in [0.15, 0.2) is 45.7 Å². The van der Waals surface area contributed by atoms with E-state index in [9.17, 15) is 9.59 Å². The molecule has 1 amide bonds. The van der Waals surface area contributed by atoms with Gasteiger partial charge in [0.25, 0.3) is 5.56 Å². The Hall–Kier alpha value is -2.32. The van der Waals surface area contributed by atoms with E-state index in [1.807, 2.05) is 35.7 Å². The van der Waals surface area contributed by atoms with Crippen LogP contribution in [0.2, 0.25) is 0 Å². The Labute approximate surface area is 194 Å². The average molecular weight is 467 g/mol. The number of nitrogen functional groups attached to an aromatic ring is 1. The second-order valence-electron chi connectivity index (χ2n) is 9.80. The van der Waals surface area contributed by atoms with Crippen molar-refractivity contribution in [3.05, 3.63) is 46.1 Å². The largest absolute Gasteiger partial charge is 0.350 e. The molecule has 0 saturated heterocycles. The molecule has 6 nitrogen and oxygen atoms in total. The fourth-order valence-electron chi connectivity index (χ4n) is 6.64. The first kappa shape index (κ1) is 20.3. The van der Waals surface area contributed by atoms with Crippen LogP contribution in [0.1, 0.15) is 38.5 Å². The first-order valence-electron chi connectivity index (χ1n) is 11.3. The van der Waals surface area contributed by atoms with Crippen molar-refractivity contribution in [1.29, 1.82) is 0 Å². The lowest BCUT2D eigenvalue weighted by molar-refractivity contribution is -0.124. The number of hydrogen-bond acceptors (Lipinski definition) is 6. The average Bonchev–Trinajstić information content (AvgIpc) is 3.18. The van der Waals surface area contributed by atoms with Gasteiger partial charge in [0, 0.05) is 16.5 Å². The Morgan fingerprint density at radius 3 is 2.47 bits per heavy atom. The molecule has 7 rings (SSSR count). The highest BCUT2D eigenvalue weighted by atomic mass is 32.2. The lowest BCUT2D eigenvalue weighted by atomic mass is 9.53. The van der Waals surface area contributed by atoms with Gasteiger partial charge in [-0.1, -0.05) is 42.1 Å². The first-order valence-corrected chi connectivity index (χ1v) is 13.1. The van der Waals surface area contributed by atoms with E-state index in [0.29, 0.717) is 15.4 Å². The lowest BCUT2D eigenvalue weighted by Gasteiger charge is -2.56. The van der Waals surface area contributed by atoms with Gasteiger partial charge in [0.15, 0.2) is 5.16 Å². The summed E-state index contributed by atoms with van der Waals surface area (Å²) in [5.41, 5.74) is 1.52. The molecule has 4 bridgehead atoms. The van der Waals surface area contributed by atoms with Crippen LogP contribution in [0.5, 0.6) is 0 Å². The second-order valence-corrected chi connectivity index (χ2v) is 11.6. The topological polar surface area (TPSA) is 90.0 Å². The number of aromatic nitrogens is 2. The van der Waals surface area contributed by atoms with E-state index in [4.69, 9.17) is 5.84 Å². The SMILES string of the molecule is Nn1c(SCC(=O)NC23CC4CC(CC(C4)C2)C3)nc2scc(-c3ccccc3)c2c1=O. The van der Waals surface area contributed by atoms with Gasteiger partial charge < -0.3 is 11.2 Å². The van der Waals surface area contributed by atoms with E-state index in [0.717, 1.165) is 52.8 Å². The zero-order chi connectivity index (χ0) is 21.9. The second kappa shape index (κ2) is 7.63. The van der Waals surface area contributed by atoms with Gasteiger partial charge in [0.05, 0.1) is 11.1 Å². The van der Waals surface area contributed by atoms with Gasteiger partial charge >= 0.3 is 0 Å². The Morgan fingerprint density at radius 1 is 1.16 bits per heavy atom. The molecule has 0 spiro atoms. The standard InChI is InChI=1S/C24H26N4O2S2/c25-28-22(30)20-18(17-4-2-1-3-5-17)12-31-21(20)26-23(28)32-13-19(29)27-24-9-14-6-15(10-24)8-16(7-14)11-24/h1-5,12,14-16H,6-11,13,25H2,(H,27,29). The summed E-state index contributed by atoms with van der Waals surface area (Å²) in [6.07, 6.45) is 7.41. The summed E-state index contributed by atoms with van der Waals surface area (Å²) in [6.45, 7) is 0. The molecule has 32 heavy (non-hydrogen) atoms. The zero-order valence-electron chi connectivity index (χ0n) is 17.8. The molecule has 0 radical (unpaired) electrons. The predicted molar refractivity (Wildman–Crippen MR) is 129 cm³/mol. The molecule has 0 aliphatic heterocycles. The van der Waals surface area contributed by atoms with E-state index < -0.39 is 0 Å². The van der Waals surface area contributed by atoms with Gasteiger partial charge in [-0.3, -0.25) is 9.59 Å². The molecule has 4 saturated carbocycles. The minimum absolute atomic E-state index is 0.00943. The smallest absolute Gasteiger partial charge is 0.282 e. The van der Waals surface area contributed by atoms with Crippen molar-refractivity contribution < 1.29 is 4.79 Å². The van der Waals surface area contributed by atoms with Gasteiger partial charge in [-0.15, -0.1) is 11.3 Å². The van der Waals surface area contributed by atoms with E-state index in [1.165, 1.54) is 42.4 Å². The van der Waals surface area contributed by atoms with E-state index in [2.05, 4.69) is 10.3 Å². The first-order chi connectivity index (χ1) is 15.5. The molecule has 3 aromatic rings. The maximum atomic E-state index is 13.0. The quantitative estimate of drug-likeness (QED) is 0.337. The highest BCUT2D eigenvalue weighted by Crippen LogP contribution is 2.55. The number of rotatable bonds is 5. The summed E-state index contributed by atoms with van der Waals surface area (Å²) in [4.78, 5) is 31.2. The number of nitrogens with one attached hydrogen (secondary N) is 1. The molecular weight excluding hydrogens is 440 g/mol. The Bertz CT molecular complexity index is 1210. The van der Waals surface area contributed by atoms with Gasteiger partial charge in [-0.25, -0.2) is 9.66 Å². The molecule has 8 heteroatoms. The molecule has 2 aromatic heterocycles. The monoisotopic (exact) mass is 466 g/mol. The number of thioether (sulfide) groups is 1. The van der Waals surface area contributed by atoms with Crippen molar-refractivity contribution in [3.63, 3.8) is 0 Å². The van der Waals surface area contributed by atoms with Crippen LogP contribution >= 0.6 is 23.1 Å². The van der Waals surface area contributed by atoms with Crippen LogP contribution in [0.25, 0.3) is 21.3 Å². The lowest BCUT2D eigenvalue weighted by Crippen LogP contribution is -2.60. The van der Waals surface area contributed by atoms with Gasteiger partial charge in [-0.05, 0) is 61.8 Å². The number of thiophene rings is 1. The van der Waals surface area contributed by atoms with Crippen molar-refractivity contribution >= 4 is 39.2 Å². The van der Waals surface area contributed by atoms with Crippen molar-refractivity contribution in [2.24, 2.45) is 17.8 Å². The molecule has 166 valence electrons. The van der Waals surface area contributed by atoms with Gasteiger partial charge in [0.1, 0.15) is 4.83 Å². The summed E-state index contributed by atoms with van der Waals surface area (Å²) in [7, 11) is 0. The number of carbonyl (C=O) groups is 1. The van der Waals surface area contributed by atoms with Gasteiger partial charge in [-0.2, -0.15) is 0 Å². The van der Waals surface area contributed by atoms with Crippen molar-refractivity contribution in [2.75, 3.05) is 11.6 Å². The predicted octanol–water partition coefficient (Wildman–Crippen LogP) is 4.02. The highest BCUT2D eigenvalue weighted by molar-refractivity contribution is 7.99. The third kappa shape index (κ3) is 3.44. The van der Waals surface area contributed by atoms with Crippen LogP contribution in [0.4, 0.5) is 0 Å². The molecule has 4 aliphatic carbocycles. The molecule has 1 aromatic carbocycles. The number of carbonyl (C=O) groups excluding carboxylic acids is 1. The Morgan fingerprint density at radius 2 is 1.81 bits per heavy atom. The molecule has 4 aliphatic rings. The summed E-state index contributed by atoms with van der Waals surface area (Å²) in [5.74, 6) is 8.70. The summed E-state index contributed by atoms with van der Waals surface area (Å²) < 4.78 is 1.09. The Kier molecular flexibility index (Phi) is 4.84. The van der Waals surface area contributed by atoms with E-state index in [-0.39, 0.29) is 22.8 Å². The number of nitrogens with zero attached hydrogens (tertiary/aromatic N) is 2. The molecule has 3 N–H and O–H groups in total.